The van der Waals surface area contributed by atoms with Gasteiger partial charge in [0.2, 0.25) is 5.91 Å². The molecule has 0 radical (unpaired) electrons. The lowest BCUT2D eigenvalue weighted by Gasteiger charge is -2.16. The van der Waals surface area contributed by atoms with Crippen molar-refractivity contribution in [2.45, 2.75) is 19.4 Å². The van der Waals surface area contributed by atoms with Crippen LogP contribution in [0.25, 0.3) is 16.9 Å². The second-order valence-corrected chi connectivity index (χ2v) is 8.36. The highest BCUT2D eigenvalue weighted by Crippen LogP contribution is 2.26. The van der Waals surface area contributed by atoms with Crippen LogP contribution in [-0.2, 0) is 16.1 Å². The summed E-state index contributed by atoms with van der Waals surface area (Å²) in [7, 11) is 0. The Kier molecular flexibility index (Phi) is 6.57. The van der Waals surface area contributed by atoms with Crippen molar-refractivity contribution < 1.29 is 14.3 Å². The molecule has 2 amide bonds. The van der Waals surface area contributed by atoms with E-state index in [4.69, 9.17) is 9.84 Å². The van der Waals surface area contributed by atoms with Gasteiger partial charge in [-0.15, -0.1) is 0 Å². The van der Waals surface area contributed by atoms with Crippen LogP contribution in [0, 0.1) is 0 Å². The van der Waals surface area contributed by atoms with Gasteiger partial charge in [0.1, 0.15) is 5.75 Å². The van der Waals surface area contributed by atoms with Gasteiger partial charge in [0.05, 0.1) is 11.4 Å². The lowest BCUT2D eigenvalue weighted by atomic mass is 10.1. The van der Waals surface area contributed by atoms with E-state index in [2.05, 4.69) is 5.32 Å². The lowest BCUT2D eigenvalue weighted by Crippen LogP contribution is -2.28. The van der Waals surface area contributed by atoms with Crippen molar-refractivity contribution in [2.24, 2.45) is 0 Å². The summed E-state index contributed by atoms with van der Waals surface area (Å²) in [5.74, 6) is 0.434. The van der Waals surface area contributed by atoms with Crippen molar-refractivity contribution in [3.05, 3.63) is 96.7 Å². The van der Waals surface area contributed by atoms with Crippen molar-refractivity contribution in [2.75, 3.05) is 18.1 Å². The van der Waals surface area contributed by atoms with Crippen LogP contribution in [-0.4, -0.2) is 34.7 Å². The van der Waals surface area contributed by atoms with Crippen LogP contribution >= 0.6 is 0 Å². The van der Waals surface area contributed by atoms with Gasteiger partial charge in [0, 0.05) is 48.6 Å². The topological polar surface area (TPSA) is 76.5 Å². The minimum atomic E-state index is -0.237. The number of aromatic nitrogens is 2. The molecular weight excluding hydrogens is 440 g/mol. The molecule has 2 heterocycles. The number of rotatable bonds is 8. The van der Waals surface area contributed by atoms with Crippen molar-refractivity contribution in [3.8, 4) is 22.7 Å². The molecule has 35 heavy (non-hydrogen) atoms. The van der Waals surface area contributed by atoms with Crippen LogP contribution in [0.2, 0.25) is 0 Å². The molecule has 1 aliphatic rings. The zero-order chi connectivity index (χ0) is 24.0. The fraction of sp³-hybridized carbons (Fsp3) is 0.179. The predicted octanol–water partition coefficient (Wildman–Crippen LogP) is 4.36. The number of hydrogen-bond donors (Lipinski definition) is 1. The molecule has 1 saturated heterocycles. The van der Waals surface area contributed by atoms with Crippen LogP contribution < -0.4 is 15.0 Å². The largest absolute Gasteiger partial charge is 0.484 e. The zero-order valence-electron chi connectivity index (χ0n) is 19.3. The SMILES string of the molecule is O=C(COc1cccc(N2CCCC2=O)c1)NCc1cn(-c2ccccc2)nc1-c1ccccc1. The Morgan fingerprint density at radius 1 is 0.943 bits per heavy atom. The number of carbonyl (C=O) groups excluding carboxylic acids is 2. The summed E-state index contributed by atoms with van der Waals surface area (Å²) in [4.78, 5) is 26.3. The summed E-state index contributed by atoms with van der Waals surface area (Å²) in [5, 5.41) is 7.72. The molecule has 0 saturated carbocycles. The van der Waals surface area contributed by atoms with E-state index in [1.54, 1.807) is 17.0 Å². The Labute approximate surface area is 204 Å². The molecule has 1 aromatic heterocycles. The third-order valence-electron chi connectivity index (χ3n) is 5.91. The van der Waals surface area contributed by atoms with E-state index in [0.717, 1.165) is 34.6 Å². The first kappa shape index (κ1) is 22.4. The molecule has 7 nitrogen and oxygen atoms in total. The highest BCUT2D eigenvalue weighted by Gasteiger charge is 2.22. The summed E-state index contributed by atoms with van der Waals surface area (Å²) in [5.41, 5.74) is 4.45. The highest BCUT2D eigenvalue weighted by atomic mass is 16.5. The van der Waals surface area contributed by atoms with E-state index in [-0.39, 0.29) is 18.4 Å². The number of para-hydroxylation sites is 1. The van der Waals surface area contributed by atoms with Gasteiger partial charge in [-0.05, 0) is 30.7 Å². The average Bonchev–Trinajstić information content (AvgIpc) is 3.54. The highest BCUT2D eigenvalue weighted by molar-refractivity contribution is 5.95. The number of benzene rings is 3. The Morgan fingerprint density at radius 2 is 1.69 bits per heavy atom. The molecule has 0 atom stereocenters. The number of anilines is 1. The molecule has 0 unspecified atom stereocenters. The number of nitrogens with one attached hydrogen (secondary N) is 1. The van der Waals surface area contributed by atoms with Gasteiger partial charge in [0.15, 0.2) is 6.61 Å². The Balaban J connectivity index is 1.25. The van der Waals surface area contributed by atoms with Crippen LogP contribution in [0.15, 0.2) is 91.1 Å². The molecule has 3 aromatic carbocycles. The molecule has 0 aliphatic carbocycles. The number of amides is 2. The van der Waals surface area contributed by atoms with Crippen LogP contribution in [0.5, 0.6) is 5.75 Å². The molecule has 7 heteroatoms. The van der Waals surface area contributed by atoms with Gasteiger partial charge < -0.3 is 15.0 Å². The molecule has 1 N–H and O–H groups in total. The van der Waals surface area contributed by atoms with Gasteiger partial charge in [-0.3, -0.25) is 9.59 Å². The second kappa shape index (κ2) is 10.3. The van der Waals surface area contributed by atoms with E-state index >= 15 is 0 Å². The maximum absolute atomic E-state index is 12.6. The van der Waals surface area contributed by atoms with Gasteiger partial charge in [-0.2, -0.15) is 5.10 Å². The lowest BCUT2D eigenvalue weighted by molar-refractivity contribution is -0.123. The molecule has 176 valence electrons. The summed E-state index contributed by atoms with van der Waals surface area (Å²) < 4.78 is 7.54. The fourth-order valence-electron chi connectivity index (χ4n) is 4.15. The molecule has 5 rings (SSSR count). The Morgan fingerprint density at radius 3 is 2.43 bits per heavy atom. The van der Waals surface area contributed by atoms with E-state index in [0.29, 0.717) is 25.3 Å². The normalized spacial score (nSPS) is 13.1. The third kappa shape index (κ3) is 5.24. The zero-order valence-corrected chi connectivity index (χ0v) is 19.3. The fourth-order valence-corrected chi connectivity index (χ4v) is 4.15. The van der Waals surface area contributed by atoms with E-state index in [9.17, 15) is 9.59 Å². The van der Waals surface area contributed by atoms with Crippen molar-refractivity contribution in [1.29, 1.82) is 0 Å². The molecule has 0 spiro atoms. The van der Waals surface area contributed by atoms with Crippen molar-refractivity contribution >= 4 is 17.5 Å². The minimum absolute atomic E-state index is 0.116. The predicted molar refractivity (Wildman–Crippen MR) is 134 cm³/mol. The number of hydrogen-bond acceptors (Lipinski definition) is 4. The Hall–Kier alpha value is -4.39. The van der Waals surface area contributed by atoms with Crippen molar-refractivity contribution in [3.63, 3.8) is 0 Å². The summed E-state index contributed by atoms with van der Waals surface area (Å²) in [6.07, 6.45) is 3.37. The first-order valence-corrected chi connectivity index (χ1v) is 11.7. The summed E-state index contributed by atoms with van der Waals surface area (Å²) in [6, 6.07) is 27.1. The molecule has 4 aromatic rings. The van der Waals surface area contributed by atoms with Gasteiger partial charge in [-0.25, -0.2) is 4.68 Å². The standard InChI is InChI=1S/C28H26N4O3/c33-26(20-35-25-14-7-13-24(17-25)31-16-8-15-27(31)34)29-18-22-19-32(23-11-5-2-6-12-23)30-28(22)21-9-3-1-4-10-21/h1-7,9-14,17,19H,8,15-16,18,20H2,(H,29,33). The third-order valence-corrected chi connectivity index (χ3v) is 5.91. The Bertz CT molecular complexity index is 1320. The summed E-state index contributed by atoms with van der Waals surface area (Å²) in [6.45, 7) is 0.912. The van der Waals surface area contributed by atoms with Crippen LogP contribution in [0.3, 0.4) is 0 Å². The number of ether oxygens (including phenoxy) is 1. The molecule has 1 fully saturated rings. The molecule has 0 bridgehead atoms. The molecule has 1 aliphatic heterocycles. The number of carbonyl (C=O) groups is 2. The van der Waals surface area contributed by atoms with Crippen LogP contribution in [0.4, 0.5) is 5.69 Å². The maximum Gasteiger partial charge on any atom is 0.258 e. The quantitative estimate of drug-likeness (QED) is 0.419. The number of nitrogens with zero attached hydrogens (tertiary/aromatic N) is 3. The first-order chi connectivity index (χ1) is 17.2. The molecular formula is C28H26N4O3. The maximum atomic E-state index is 12.6. The summed E-state index contributed by atoms with van der Waals surface area (Å²) >= 11 is 0. The van der Waals surface area contributed by atoms with Crippen molar-refractivity contribution in [1.82, 2.24) is 15.1 Å². The monoisotopic (exact) mass is 466 g/mol. The van der Waals surface area contributed by atoms with Crippen LogP contribution in [0.1, 0.15) is 18.4 Å². The second-order valence-electron chi connectivity index (χ2n) is 8.36. The van der Waals surface area contributed by atoms with E-state index in [1.165, 1.54) is 0 Å². The van der Waals surface area contributed by atoms with E-state index < -0.39 is 0 Å². The average molecular weight is 467 g/mol. The van der Waals surface area contributed by atoms with Gasteiger partial charge in [-0.1, -0.05) is 54.6 Å². The minimum Gasteiger partial charge on any atom is -0.484 e. The van der Waals surface area contributed by atoms with Gasteiger partial charge in [0.25, 0.3) is 5.91 Å². The smallest absolute Gasteiger partial charge is 0.258 e. The van der Waals surface area contributed by atoms with E-state index in [1.807, 2.05) is 83.7 Å². The first-order valence-electron chi connectivity index (χ1n) is 11.7. The van der Waals surface area contributed by atoms with Gasteiger partial charge >= 0.3 is 0 Å².